The number of hydrogen-bond donors (Lipinski definition) is 1. The third-order valence-electron chi connectivity index (χ3n) is 3.86. The highest BCUT2D eigenvalue weighted by Crippen LogP contribution is 2.33. The molecule has 1 aromatic carbocycles. The number of likely N-dealkylation sites (N-methyl/N-ethyl adjacent to an activating group) is 1. The van der Waals surface area contributed by atoms with Crippen LogP contribution in [0.1, 0.15) is 40.5 Å². The summed E-state index contributed by atoms with van der Waals surface area (Å²) in [4.78, 5) is 2.18. The fraction of sp³-hybridized carbons (Fsp3) is 0.647. The van der Waals surface area contributed by atoms with Crippen molar-refractivity contribution in [3.8, 4) is 0 Å². The molecule has 0 saturated heterocycles. The summed E-state index contributed by atoms with van der Waals surface area (Å²) >= 11 is 0. The molecule has 0 spiro atoms. The lowest BCUT2D eigenvalue weighted by molar-refractivity contribution is 0.280. The van der Waals surface area contributed by atoms with Gasteiger partial charge in [-0.1, -0.05) is 33.8 Å². The van der Waals surface area contributed by atoms with Crippen LogP contribution in [0.15, 0.2) is 24.3 Å². The van der Waals surface area contributed by atoms with Crippen LogP contribution in [0, 0.1) is 17.7 Å². The van der Waals surface area contributed by atoms with Crippen molar-refractivity contribution in [2.75, 3.05) is 18.5 Å². The summed E-state index contributed by atoms with van der Waals surface area (Å²) in [5.74, 6) is 0.899. The van der Waals surface area contributed by atoms with Crippen molar-refractivity contribution in [1.82, 2.24) is 0 Å². The first-order valence-corrected chi connectivity index (χ1v) is 7.50. The molecule has 0 atom stereocenters. The highest BCUT2D eigenvalue weighted by Gasteiger charge is 2.35. The maximum atomic E-state index is 13.5. The summed E-state index contributed by atoms with van der Waals surface area (Å²) < 4.78 is 13.5. The Morgan fingerprint density at radius 1 is 1.15 bits per heavy atom. The van der Waals surface area contributed by atoms with Crippen LogP contribution < -0.4 is 10.6 Å². The number of rotatable bonds is 7. The molecule has 0 aromatic heterocycles. The first kappa shape index (κ1) is 17.0. The summed E-state index contributed by atoms with van der Waals surface area (Å²) in [6.07, 6.45) is 2.02. The molecule has 0 saturated carbocycles. The standard InChI is InChI=1S/C17H29FN2/c1-13(2)10-17(12-19,11-14(3)4)20(5)16-8-6-7-15(18)9-16/h6-9,13-14H,10-12,19H2,1-5H3. The van der Waals surface area contributed by atoms with Crippen LogP contribution in [-0.2, 0) is 0 Å². The van der Waals surface area contributed by atoms with Crippen LogP contribution in [0.25, 0.3) is 0 Å². The molecule has 2 nitrogen and oxygen atoms in total. The van der Waals surface area contributed by atoms with Crippen LogP contribution >= 0.6 is 0 Å². The molecule has 0 aliphatic heterocycles. The normalized spacial score (nSPS) is 12.2. The van der Waals surface area contributed by atoms with E-state index in [9.17, 15) is 4.39 Å². The molecule has 0 fully saturated rings. The molecule has 0 bridgehead atoms. The van der Waals surface area contributed by atoms with E-state index in [0.29, 0.717) is 18.4 Å². The minimum Gasteiger partial charge on any atom is -0.368 e. The molecule has 0 aliphatic rings. The van der Waals surface area contributed by atoms with E-state index in [1.165, 1.54) is 6.07 Å². The van der Waals surface area contributed by atoms with Crippen molar-refractivity contribution in [2.24, 2.45) is 17.6 Å². The molecule has 0 heterocycles. The third-order valence-corrected chi connectivity index (χ3v) is 3.86. The maximum Gasteiger partial charge on any atom is 0.125 e. The monoisotopic (exact) mass is 280 g/mol. The SMILES string of the molecule is CC(C)CC(CN)(CC(C)C)N(C)c1cccc(F)c1. The van der Waals surface area contributed by atoms with Crippen LogP contribution in [0.4, 0.5) is 10.1 Å². The van der Waals surface area contributed by atoms with Gasteiger partial charge in [0.25, 0.3) is 0 Å². The molecule has 114 valence electrons. The Balaban J connectivity index is 3.13. The Bertz CT molecular complexity index is 405. The largest absolute Gasteiger partial charge is 0.368 e. The van der Waals surface area contributed by atoms with E-state index in [4.69, 9.17) is 5.73 Å². The lowest BCUT2D eigenvalue weighted by Crippen LogP contribution is -2.54. The lowest BCUT2D eigenvalue weighted by atomic mass is 9.80. The van der Waals surface area contributed by atoms with Crippen molar-refractivity contribution in [3.05, 3.63) is 30.1 Å². The molecule has 0 aliphatic carbocycles. The smallest absolute Gasteiger partial charge is 0.125 e. The van der Waals surface area contributed by atoms with Gasteiger partial charge in [0.15, 0.2) is 0 Å². The average Bonchev–Trinajstić information content (AvgIpc) is 2.35. The average molecular weight is 280 g/mol. The van der Waals surface area contributed by atoms with Crippen LogP contribution in [0.5, 0.6) is 0 Å². The Hall–Kier alpha value is -1.09. The minimum atomic E-state index is -0.200. The van der Waals surface area contributed by atoms with Crippen molar-refractivity contribution in [1.29, 1.82) is 0 Å². The zero-order chi connectivity index (χ0) is 15.3. The van der Waals surface area contributed by atoms with Gasteiger partial charge in [0.2, 0.25) is 0 Å². The number of nitrogens with two attached hydrogens (primary N) is 1. The quantitative estimate of drug-likeness (QED) is 0.816. The Kier molecular flexibility index (Phi) is 6.00. The van der Waals surface area contributed by atoms with E-state index < -0.39 is 0 Å². The first-order chi connectivity index (χ1) is 9.30. The van der Waals surface area contributed by atoms with Crippen molar-refractivity contribution >= 4 is 5.69 Å². The molecule has 1 rings (SSSR count). The second-order valence-electron chi connectivity index (χ2n) is 6.66. The van der Waals surface area contributed by atoms with Gasteiger partial charge in [-0.3, -0.25) is 0 Å². The fourth-order valence-electron chi connectivity index (χ4n) is 3.14. The van der Waals surface area contributed by atoms with Gasteiger partial charge in [-0.05, 0) is 42.9 Å². The lowest BCUT2D eigenvalue weighted by Gasteiger charge is -2.45. The number of anilines is 1. The zero-order valence-electron chi connectivity index (χ0n) is 13.5. The van der Waals surface area contributed by atoms with Gasteiger partial charge in [-0.2, -0.15) is 0 Å². The molecular formula is C17H29FN2. The van der Waals surface area contributed by atoms with Crippen molar-refractivity contribution < 1.29 is 4.39 Å². The number of halogens is 1. The summed E-state index contributed by atoms with van der Waals surface area (Å²) in [5.41, 5.74) is 6.93. The molecule has 20 heavy (non-hydrogen) atoms. The van der Waals surface area contributed by atoms with E-state index in [0.717, 1.165) is 18.5 Å². The summed E-state index contributed by atoms with van der Waals surface area (Å²) in [5, 5.41) is 0. The molecule has 0 unspecified atom stereocenters. The molecular weight excluding hydrogens is 251 g/mol. The van der Waals surface area contributed by atoms with Gasteiger partial charge in [0.1, 0.15) is 5.82 Å². The third kappa shape index (κ3) is 4.20. The molecule has 0 amide bonds. The van der Waals surface area contributed by atoms with Gasteiger partial charge in [-0.25, -0.2) is 4.39 Å². The molecule has 0 radical (unpaired) electrons. The van der Waals surface area contributed by atoms with Crippen molar-refractivity contribution in [2.45, 2.75) is 46.1 Å². The van der Waals surface area contributed by atoms with Gasteiger partial charge in [0.05, 0.1) is 5.54 Å². The molecule has 2 N–H and O–H groups in total. The van der Waals surface area contributed by atoms with Gasteiger partial charge < -0.3 is 10.6 Å². The number of nitrogens with zero attached hydrogens (tertiary/aromatic N) is 1. The maximum absolute atomic E-state index is 13.5. The van der Waals surface area contributed by atoms with Gasteiger partial charge in [-0.15, -0.1) is 0 Å². The Morgan fingerprint density at radius 2 is 1.70 bits per heavy atom. The Labute approximate surface area is 123 Å². The van der Waals surface area contributed by atoms with E-state index in [1.807, 2.05) is 13.1 Å². The number of hydrogen-bond acceptors (Lipinski definition) is 2. The number of benzene rings is 1. The second-order valence-corrected chi connectivity index (χ2v) is 6.66. The van der Waals surface area contributed by atoms with Crippen molar-refractivity contribution in [3.63, 3.8) is 0 Å². The molecule has 3 heteroatoms. The second kappa shape index (κ2) is 7.07. The first-order valence-electron chi connectivity index (χ1n) is 7.50. The molecule has 1 aromatic rings. The Morgan fingerprint density at radius 3 is 2.10 bits per heavy atom. The summed E-state index contributed by atoms with van der Waals surface area (Å²) in [6.45, 7) is 9.43. The van der Waals surface area contributed by atoms with Crippen LogP contribution in [0.2, 0.25) is 0 Å². The summed E-state index contributed by atoms with van der Waals surface area (Å²) in [7, 11) is 2.03. The summed E-state index contributed by atoms with van der Waals surface area (Å²) in [6, 6.07) is 6.78. The van der Waals surface area contributed by atoms with E-state index in [-0.39, 0.29) is 11.4 Å². The van der Waals surface area contributed by atoms with E-state index >= 15 is 0 Å². The van der Waals surface area contributed by atoms with Gasteiger partial charge >= 0.3 is 0 Å². The predicted molar refractivity (Wildman–Crippen MR) is 85.5 cm³/mol. The van der Waals surface area contributed by atoms with Crippen LogP contribution in [0.3, 0.4) is 0 Å². The van der Waals surface area contributed by atoms with Crippen LogP contribution in [-0.4, -0.2) is 19.1 Å². The highest BCUT2D eigenvalue weighted by atomic mass is 19.1. The zero-order valence-corrected chi connectivity index (χ0v) is 13.5. The van der Waals surface area contributed by atoms with E-state index in [2.05, 4.69) is 32.6 Å². The van der Waals surface area contributed by atoms with Gasteiger partial charge in [0, 0.05) is 19.3 Å². The topological polar surface area (TPSA) is 29.3 Å². The fourth-order valence-corrected chi connectivity index (χ4v) is 3.14. The highest BCUT2D eigenvalue weighted by molar-refractivity contribution is 5.48. The minimum absolute atomic E-state index is 0.115. The predicted octanol–water partition coefficient (Wildman–Crippen LogP) is 4.05. The van der Waals surface area contributed by atoms with E-state index in [1.54, 1.807) is 12.1 Å².